The number of benzene rings is 2. The van der Waals surface area contributed by atoms with E-state index in [1.165, 1.54) is 17.1 Å². The summed E-state index contributed by atoms with van der Waals surface area (Å²) in [6, 6.07) is 13.0. The molecule has 2 aromatic carbocycles. The minimum Gasteiger partial charge on any atom is -0.338 e. The van der Waals surface area contributed by atoms with Crippen molar-refractivity contribution in [1.29, 1.82) is 0 Å². The molecule has 0 radical (unpaired) electrons. The van der Waals surface area contributed by atoms with Crippen molar-refractivity contribution in [2.45, 2.75) is 25.4 Å². The van der Waals surface area contributed by atoms with Gasteiger partial charge in [-0.3, -0.25) is 4.79 Å². The molecule has 0 saturated carbocycles. The summed E-state index contributed by atoms with van der Waals surface area (Å²) in [6.45, 7) is 3.06. The van der Waals surface area contributed by atoms with Gasteiger partial charge in [0, 0.05) is 31.5 Å². The van der Waals surface area contributed by atoms with Crippen LogP contribution in [-0.4, -0.2) is 35.6 Å². The van der Waals surface area contributed by atoms with Crippen molar-refractivity contribution < 1.29 is 14.0 Å². The van der Waals surface area contributed by atoms with Crippen LogP contribution in [0.1, 0.15) is 28.8 Å². The fourth-order valence-corrected chi connectivity index (χ4v) is 3.53. The molecule has 6 nitrogen and oxygen atoms in total. The van der Waals surface area contributed by atoms with Gasteiger partial charge in [0.25, 0.3) is 5.91 Å². The van der Waals surface area contributed by atoms with E-state index in [0.717, 1.165) is 5.56 Å². The molecule has 0 unspecified atom stereocenters. The van der Waals surface area contributed by atoms with Gasteiger partial charge in [-0.15, -0.1) is 0 Å². The largest absolute Gasteiger partial charge is 0.338 e. The Hall–Kier alpha value is -2.93. The molecule has 3 amide bonds. The van der Waals surface area contributed by atoms with E-state index in [1.54, 1.807) is 12.1 Å². The predicted molar refractivity (Wildman–Crippen MR) is 99.6 cm³/mol. The normalized spacial score (nSPS) is 18.7. The molecule has 27 heavy (non-hydrogen) atoms. The van der Waals surface area contributed by atoms with Crippen molar-refractivity contribution in [1.82, 2.24) is 15.6 Å². The lowest BCUT2D eigenvalue weighted by atomic mass is 9.97. The molecule has 2 aromatic rings. The summed E-state index contributed by atoms with van der Waals surface area (Å²) in [4.78, 5) is 26.9. The summed E-state index contributed by atoms with van der Waals surface area (Å²) in [5, 5.41) is 4.38. The molecule has 0 bridgehead atoms. The van der Waals surface area contributed by atoms with Gasteiger partial charge in [-0.1, -0.05) is 17.7 Å². The monoisotopic (exact) mass is 368 g/mol. The second-order valence-electron chi connectivity index (χ2n) is 7.09. The number of nitrogens with one attached hydrogen (secondary N) is 2. The Bertz CT molecular complexity index is 859. The molecule has 0 atom stereocenters. The van der Waals surface area contributed by atoms with Gasteiger partial charge in [-0.25, -0.2) is 19.6 Å². The first-order chi connectivity index (χ1) is 13.0. The zero-order valence-electron chi connectivity index (χ0n) is 15.0. The quantitative estimate of drug-likeness (QED) is 0.857. The molecule has 7 heteroatoms. The van der Waals surface area contributed by atoms with Crippen LogP contribution in [0.15, 0.2) is 48.5 Å². The van der Waals surface area contributed by atoms with Gasteiger partial charge in [0.15, 0.2) is 0 Å². The van der Waals surface area contributed by atoms with Gasteiger partial charge in [-0.2, -0.15) is 0 Å². The number of rotatable bonds is 2. The number of halogens is 1. The topological polar surface area (TPSA) is 64.7 Å². The van der Waals surface area contributed by atoms with E-state index in [4.69, 9.17) is 0 Å². The molecule has 4 rings (SSSR count). The molecule has 0 aliphatic carbocycles. The lowest BCUT2D eigenvalue weighted by molar-refractivity contribution is 0.0641. The van der Waals surface area contributed by atoms with Crippen molar-refractivity contribution in [3.63, 3.8) is 0 Å². The van der Waals surface area contributed by atoms with Crippen LogP contribution in [0.5, 0.6) is 0 Å². The zero-order chi connectivity index (χ0) is 19.0. The molecular formula is C20H21FN4O2. The van der Waals surface area contributed by atoms with Crippen LogP contribution >= 0.6 is 0 Å². The van der Waals surface area contributed by atoms with E-state index in [2.05, 4.69) is 10.7 Å². The Balaban J connectivity index is 1.42. The van der Waals surface area contributed by atoms with Gasteiger partial charge in [0.1, 0.15) is 11.5 Å². The third-order valence-corrected chi connectivity index (χ3v) is 5.16. The lowest BCUT2D eigenvalue weighted by Gasteiger charge is -2.38. The highest BCUT2D eigenvalue weighted by Crippen LogP contribution is 2.28. The fraction of sp³-hybridized carbons (Fsp3) is 0.300. The van der Waals surface area contributed by atoms with E-state index in [0.29, 0.717) is 37.2 Å². The Morgan fingerprint density at radius 1 is 1.04 bits per heavy atom. The van der Waals surface area contributed by atoms with Crippen LogP contribution in [0.2, 0.25) is 0 Å². The highest BCUT2D eigenvalue weighted by Gasteiger charge is 2.45. The number of hydrogen-bond donors (Lipinski definition) is 2. The van der Waals surface area contributed by atoms with Gasteiger partial charge < -0.3 is 10.2 Å². The van der Waals surface area contributed by atoms with Crippen LogP contribution in [0.3, 0.4) is 0 Å². The average molecular weight is 368 g/mol. The molecule has 2 N–H and O–H groups in total. The number of hydrazine groups is 1. The molecule has 2 fully saturated rings. The van der Waals surface area contributed by atoms with E-state index in [-0.39, 0.29) is 17.8 Å². The van der Waals surface area contributed by atoms with Crippen LogP contribution in [0.25, 0.3) is 0 Å². The summed E-state index contributed by atoms with van der Waals surface area (Å²) in [7, 11) is 0. The van der Waals surface area contributed by atoms with E-state index in [9.17, 15) is 14.0 Å². The number of carbonyl (C=O) groups is 2. The van der Waals surface area contributed by atoms with E-state index >= 15 is 0 Å². The smallest absolute Gasteiger partial charge is 0.338 e. The Labute approximate surface area is 156 Å². The summed E-state index contributed by atoms with van der Waals surface area (Å²) in [5.74, 6) is -0.347. The molecule has 1 spiro atoms. The van der Waals surface area contributed by atoms with Crippen molar-refractivity contribution in [3.05, 3.63) is 65.5 Å². The molecule has 140 valence electrons. The summed E-state index contributed by atoms with van der Waals surface area (Å²) in [5.41, 5.74) is 4.98. The first-order valence-electron chi connectivity index (χ1n) is 8.97. The van der Waals surface area contributed by atoms with Crippen LogP contribution < -0.4 is 15.8 Å². The van der Waals surface area contributed by atoms with E-state index < -0.39 is 5.66 Å². The Morgan fingerprint density at radius 2 is 1.67 bits per heavy atom. The standard InChI is InChI=1S/C20H21FN4O2/c1-14-2-4-15(5-3-14)18(26)24-12-10-20(11-13-24)22-19(27)25(23-20)17-8-6-16(21)7-9-17/h2-9,23H,10-13H2,1H3,(H,22,27). The number of nitrogens with zero attached hydrogens (tertiary/aromatic N) is 2. The maximum atomic E-state index is 13.1. The predicted octanol–water partition coefficient (Wildman–Crippen LogP) is 2.80. The first-order valence-corrected chi connectivity index (χ1v) is 8.97. The number of amides is 3. The van der Waals surface area contributed by atoms with E-state index in [1.807, 2.05) is 36.1 Å². The molecule has 2 heterocycles. The molecular weight excluding hydrogens is 347 g/mol. The fourth-order valence-electron chi connectivity index (χ4n) is 3.53. The summed E-state index contributed by atoms with van der Waals surface area (Å²) < 4.78 is 13.1. The second kappa shape index (κ2) is 6.66. The van der Waals surface area contributed by atoms with Crippen LogP contribution in [0.4, 0.5) is 14.9 Å². The maximum absolute atomic E-state index is 13.1. The van der Waals surface area contributed by atoms with Crippen molar-refractivity contribution in [3.8, 4) is 0 Å². The number of piperidine rings is 1. The lowest BCUT2D eigenvalue weighted by Crippen LogP contribution is -2.58. The molecule has 2 saturated heterocycles. The number of aryl methyl sites for hydroxylation is 1. The SMILES string of the molecule is Cc1ccc(C(=O)N2CCC3(CC2)NC(=O)N(c2ccc(F)cc2)N3)cc1. The van der Waals surface area contributed by atoms with Crippen molar-refractivity contribution >= 4 is 17.6 Å². The number of anilines is 1. The second-order valence-corrected chi connectivity index (χ2v) is 7.09. The highest BCUT2D eigenvalue weighted by molar-refractivity contribution is 5.95. The minimum absolute atomic E-state index is 0.00423. The molecule has 0 aromatic heterocycles. The Morgan fingerprint density at radius 3 is 2.30 bits per heavy atom. The highest BCUT2D eigenvalue weighted by atomic mass is 19.1. The zero-order valence-corrected chi connectivity index (χ0v) is 15.0. The number of likely N-dealkylation sites (tertiary alicyclic amines) is 1. The summed E-state index contributed by atoms with van der Waals surface area (Å²) in [6.07, 6.45) is 1.18. The van der Waals surface area contributed by atoms with Gasteiger partial charge in [-0.05, 0) is 43.3 Å². The van der Waals surface area contributed by atoms with Gasteiger partial charge >= 0.3 is 6.03 Å². The average Bonchev–Trinajstić information content (AvgIpc) is 2.99. The number of urea groups is 1. The molecule has 2 aliphatic rings. The minimum atomic E-state index is -0.588. The van der Waals surface area contributed by atoms with Crippen molar-refractivity contribution in [2.75, 3.05) is 18.1 Å². The Kier molecular flexibility index (Phi) is 4.31. The maximum Gasteiger partial charge on any atom is 0.338 e. The third-order valence-electron chi connectivity index (χ3n) is 5.16. The van der Waals surface area contributed by atoms with Crippen molar-refractivity contribution in [2.24, 2.45) is 0 Å². The first kappa shape index (κ1) is 17.5. The van der Waals surface area contributed by atoms with Crippen LogP contribution in [-0.2, 0) is 0 Å². The summed E-state index contributed by atoms with van der Waals surface area (Å²) >= 11 is 0. The van der Waals surface area contributed by atoms with Gasteiger partial charge in [0.2, 0.25) is 0 Å². The van der Waals surface area contributed by atoms with Gasteiger partial charge in [0.05, 0.1) is 5.69 Å². The molecule has 2 aliphatic heterocycles. The number of carbonyl (C=O) groups excluding carboxylic acids is 2. The van der Waals surface area contributed by atoms with Crippen LogP contribution in [0, 0.1) is 12.7 Å². The number of hydrogen-bond acceptors (Lipinski definition) is 3. The third kappa shape index (κ3) is 3.38.